The third kappa shape index (κ3) is 3.12. The molecule has 3 aromatic rings. The van der Waals surface area contributed by atoms with E-state index in [4.69, 9.17) is 10.7 Å². The molecule has 3 heterocycles. The molecule has 1 saturated heterocycles. The molecule has 1 amide bonds. The van der Waals surface area contributed by atoms with E-state index in [1.54, 1.807) is 0 Å². The van der Waals surface area contributed by atoms with Crippen molar-refractivity contribution in [3.05, 3.63) is 47.3 Å². The van der Waals surface area contributed by atoms with E-state index in [0.29, 0.717) is 10.6 Å². The number of nitrogen functional groups attached to an aromatic ring is 1. The van der Waals surface area contributed by atoms with E-state index in [1.165, 1.54) is 24.2 Å². The SMILES string of the molecule is Nc1c(C(=O)N2CCCCCC2)sc2nc(-c3ccccc3)ccc12. The first-order chi connectivity index (χ1) is 12.2. The van der Waals surface area contributed by atoms with E-state index in [1.807, 2.05) is 47.4 Å². The lowest BCUT2D eigenvalue weighted by Gasteiger charge is -2.19. The van der Waals surface area contributed by atoms with Gasteiger partial charge in [-0.3, -0.25) is 4.79 Å². The summed E-state index contributed by atoms with van der Waals surface area (Å²) in [6.07, 6.45) is 4.56. The maximum absolute atomic E-state index is 12.9. The number of aromatic nitrogens is 1. The van der Waals surface area contributed by atoms with Gasteiger partial charge in [0.05, 0.1) is 11.4 Å². The topological polar surface area (TPSA) is 59.2 Å². The number of hydrogen-bond acceptors (Lipinski definition) is 4. The molecule has 5 heteroatoms. The zero-order valence-electron chi connectivity index (χ0n) is 14.1. The van der Waals surface area contributed by atoms with Crippen LogP contribution in [0.25, 0.3) is 21.5 Å². The molecule has 1 aliphatic rings. The summed E-state index contributed by atoms with van der Waals surface area (Å²) in [4.78, 5) is 21.1. The lowest BCUT2D eigenvalue weighted by Crippen LogP contribution is -2.31. The van der Waals surface area contributed by atoms with Crippen molar-refractivity contribution in [3.63, 3.8) is 0 Å². The fraction of sp³-hybridized carbons (Fsp3) is 0.300. The van der Waals surface area contributed by atoms with Gasteiger partial charge in [-0.25, -0.2) is 4.98 Å². The molecule has 4 nitrogen and oxygen atoms in total. The fourth-order valence-corrected chi connectivity index (χ4v) is 4.40. The van der Waals surface area contributed by atoms with Crippen molar-refractivity contribution in [2.24, 2.45) is 0 Å². The molecule has 1 fully saturated rings. The Morgan fingerprint density at radius 3 is 2.44 bits per heavy atom. The average Bonchev–Trinajstić information content (AvgIpc) is 2.83. The Balaban J connectivity index is 1.70. The summed E-state index contributed by atoms with van der Waals surface area (Å²) in [7, 11) is 0. The molecule has 2 aromatic heterocycles. The molecule has 2 N–H and O–H groups in total. The van der Waals surface area contributed by atoms with Crippen LogP contribution in [-0.2, 0) is 0 Å². The van der Waals surface area contributed by atoms with Crippen LogP contribution in [0.5, 0.6) is 0 Å². The lowest BCUT2D eigenvalue weighted by atomic mass is 10.1. The zero-order chi connectivity index (χ0) is 17.2. The van der Waals surface area contributed by atoms with Crippen LogP contribution in [0, 0.1) is 0 Å². The summed E-state index contributed by atoms with van der Waals surface area (Å²) in [5.41, 5.74) is 8.84. The standard InChI is InChI=1S/C20H21N3OS/c21-17-15-10-11-16(14-8-4-3-5-9-14)22-19(15)25-18(17)20(24)23-12-6-1-2-7-13-23/h3-5,8-11H,1-2,6-7,12-13,21H2. The third-order valence-electron chi connectivity index (χ3n) is 4.75. The Labute approximate surface area is 151 Å². The lowest BCUT2D eigenvalue weighted by molar-refractivity contribution is 0.0767. The molecule has 0 radical (unpaired) electrons. The highest BCUT2D eigenvalue weighted by molar-refractivity contribution is 7.21. The van der Waals surface area contributed by atoms with Gasteiger partial charge in [0.25, 0.3) is 5.91 Å². The zero-order valence-corrected chi connectivity index (χ0v) is 14.9. The van der Waals surface area contributed by atoms with Crippen molar-refractivity contribution in [1.82, 2.24) is 9.88 Å². The monoisotopic (exact) mass is 351 g/mol. The Morgan fingerprint density at radius 2 is 1.72 bits per heavy atom. The predicted octanol–water partition coefficient (Wildman–Crippen LogP) is 4.56. The Hall–Kier alpha value is -2.40. The van der Waals surface area contributed by atoms with Crippen molar-refractivity contribution < 1.29 is 4.79 Å². The summed E-state index contributed by atoms with van der Waals surface area (Å²) in [6.45, 7) is 1.66. The number of benzene rings is 1. The average molecular weight is 351 g/mol. The van der Waals surface area contributed by atoms with Gasteiger partial charge in [0.15, 0.2) is 0 Å². The summed E-state index contributed by atoms with van der Waals surface area (Å²) in [6, 6.07) is 14.0. The maximum atomic E-state index is 12.9. The predicted molar refractivity (Wildman–Crippen MR) is 104 cm³/mol. The van der Waals surface area contributed by atoms with E-state index >= 15 is 0 Å². The molecular formula is C20H21N3OS. The molecule has 1 aromatic carbocycles. The largest absolute Gasteiger partial charge is 0.397 e. The molecule has 25 heavy (non-hydrogen) atoms. The second-order valence-corrected chi connectivity index (χ2v) is 7.47. The van der Waals surface area contributed by atoms with Crippen molar-refractivity contribution in [2.75, 3.05) is 18.8 Å². The molecule has 0 saturated carbocycles. The third-order valence-corrected chi connectivity index (χ3v) is 5.85. The second kappa shape index (κ2) is 6.84. The molecule has 0 spiro atoms. The highest BCUT2D eigenvalue weighted by atomic mass is 32.1. The van der Waals surface area contributed by atoms with E-state index < -0.39 is 0 Å². The van der Waals surface area contributed by atoms with Crippen molar-refractivity contribution in [3.8, 4) is 11.3 Å². The van der Waals surface area contributed by atoms with Gasteiger partial charge in [-0.15, -0.1) is 11.3 Å². The maximum Gasteiger partial charge on any atom is 0.266 e. The van der Waals surface area contributed by atoms with Gasteiger partial charge in [0.2, 0.25) is 0 Å². The fourth-order valence-electron chi connectivity index (χ4n) is 3.34. The molecule has 0 atom stereocenters. The number of rotatable bonds is 2. The summed E-state index contributed by atoms with van der Waals surface area (Å²) in [5.74, 6) is 0.0589. The number of thiophene rings is 1. The van der Waals surface area contributed by atoms with Crippen LogP contribution in [0.15, 0.2) is 42.5 Å². The van der Waals surface area contributed by atoms with E-state index in [0.717, 1.165) is 47.4 Å². The van der Waals surface area contributed by atoms with Gasteiger partial charge >= 0.3 is 0 Å². The van der Waals surface area contributed by atoms with E-state index in [-0.39, 0.29) is 5.91 Å². The number of pyridine rings is 1. The van der Waals surface area contributed by atoms with Gasteiger partial charge in [0, 0.05) is 24.0 Å². The first kappa shape index (κ1) is 16.1. The van der Waals surface area contributed by atoms with Gasteiger partial charge in [-0.2, -0.15) is 0 Å². The normalized spacial score (nSPS) is 15.3. The molecule has 0 aliphatic carbocycles. The van der Waals surface area contributed by atoms with Gasteiger partial charge < -0.3 is 10.6 Å². The van der Waals surface area contributed by atoms with Crippen LogP contribution in [0.3, 0.4) is 0 Å². The minimum Gasteiger partial charge on any atom is -0.397 e. The summed E-state index contributed by atoms with van der Waals surface area (Å²) < 4.78 is 0. The van der Waals surface area contributed by atoms with Crippen molar-refractivity contribution in [1.29, 1.82) is 0 Å². The van der Waals surface area contributed by atoms with Gasteiger partial charge in [-0.05, 0) is 25.0 Å². The number of carbonyl (C=O) groups excluding carboxylic acids is 1. The number of fused-ring (bicyclic) bond motifs is 1. The molecule has 0 bridgehead atoms. The summed E-state index contributed by atoms with van der Waals surface area (Å²) >= 11 is 1.41. The van der Waals surface area contributed by atoms with Crippen molar-refractivity contribution in [2.45, 2.75) is 25.7 Å². The summed E-state index contributed by atoms with van der Waals surface area (Å²) in [5, 5.41) is 0.878. The Morgan fingerprint density at radius 1 is 1.00 bits per heavy atom. The van der Waals surface area contributed by atoms with Crippen LogP contribution in [0.1, 0.15) is 35.4 Å². The van der Waals surface area contributed by atoms with E-state index in [9.17, 15) is 4.79 Å². The molecule has 4 rings (SSSR count). The number of anilines is 1. The highest BCUT2D eigenvalue weighted by Crippen LogP contribution is 2.35. The highest BCUT2D eigenvalue weighted by Gasteiger charge is 2.23. The van der Waals surface area contributed by atoms with Crippen LogP contribution in [-0.4, -0.2) is 28.9 Å². The van der Waals surface area contributed by atoms with Crippen LogP contribution in [0.4, 0.5) is 5.69 Å². The van der Waals surface area contributed by atoms with Crippen molar-refractivity contribution >= 4 is 33.1 Å². The molecule has 0 unspecified atom stereocenters. The molecular weight excluding hydrogens is 330 g/mol. The quantitative estimate of drug-likeness (QED) is 0.736. The first-order valence-corrected chi connectivity index (χ1v) is 9.59. The van der Waals surface area contributed by atoms with E-state index in [2.05, 4.69) is 0 Å². The van der Waals surface area contributed by atoms with Crippen LogP contribution >= 0.6 is 11.3 Å². The molecule has 128 valence electrons. The van der Waals surface area contributed by atoms with Gasteiger partial charge in [-0.1, -0.05) is 43.2 Å². The first-order valence-electron chi connectivity index (χ1n) is 8.78. The second-order valence-electron chi connectivity index (χ2n) is 6.47. The number of hydrogen-bond donors (Lipinski definition) is 1. The number of carbonyl (C=O) groups is 1. The molecule has 1 aliphatic heterocycles. The van der Waals surface area contributed by atoms with Gasteiger partial charge in [0.1, 0.15) is 9.71 Å². The van der Waals surface area contributed by atoms with Crippen LogP contribution in [0.2, 0.25) is 0 Å². The van der Waals surface area contributed by atoms with Crippen LogP contribution < -0.4 is 5.73 Å². The number of amides is 1. The Kier molecular flexibility index (Phi) is 4.40. The smallest absolute Gasteiger partial charge is 0.266 e. The Bertz CT molecular complexity index is 896. The number of nitrogens with zero attached hydrogens (tertiary/aromatic N) is 2. The minimum absolute atomic E-state index is 0.0589. The minimum atomic E-state index is 0.0589. The number of likely N-dealkylation sites (tertiary alicyclic amines) is 1. The number of nitrogens with two attached hydrogens (primary N) is 1.